The second kappa shape index (κ2) is 4.38. The minimum atomic E-state index is 0.606. The average Bonchev–Trinajstić information content (AvgIpc) is 2.81. The summed E-state index contributed by atoms with van der Waals surface area (Å²) in [5.74, 6) is 0.606. The van der Waals surface area contributed by atoms with Crippen LogP contribution >= 0.6 is 15.9 Å². The van der Waals surface area contributed by atoms with E-state index >= 15 is 0 Å². The van der Waals surface area contributed by atoms with Crippen LogP contribution in [0.4, 0.5) is 5.95 Å². The first-order valence-electron chi connectivity index (χ1n) is 5.42. The molecule has 0 spiro atoms. The Morgan fingerprint density at radius 2 is 2.22 bits per heavy atom. The second-order valence-corrected chi connectivity index (χ2v) is 4.58. The molecule has 0 bridgehead atoms. The van der Waals surface area contributed by atoms with Crippen molar-refractivity contribution in [1.82, 2.24) is 19.9 Å². The highest BCUT2D eigenvalue weighted by Gasteiger charge is 2.09. The van der Waals surface area contributed by atoms with Crippen LogP contribution in [0.5, 0.6) is 0 Å². The number of aromatic nitrogens is 4. The Balaban J connectivity index is 2.21. The summed E-state index contributed by atoms with van der Waals surface area (Å²) in [7, 11) is 1.80. The normalized spacial score (nSPS) is 10.8. The van der Waals surface area contributed by atoms with Crippen LogP contribution in [-0.4, -0.2) is 27.0 Å². The Morgan fingerprint density at radius 1 is 1.33 bits per heavy atom. The molecule has 0 amide bonds. The standard InChI is InChI=1S/C12H10BrN5/c1-14-12-15-3-2-9(18-12)8-5-16-10-6-17-11(13)4-7(8)10/h2-6,16H,1H3,(H,14,15,18). The SMILES string of the molecule is CNc1nccc(-c2c[nH]c3cnc(Br)cc23)n1. The lowest BCUT2D eigenvalue weighted by Crippen LogP contribution is -1.96. The van der Waals surface area contributed by atoms with Crippen molar-refractivity contribution in [2.24, 2.45) is 0 Å². The monoisotopic (exact) mass is 303 g/mol. The molecule has 18 heavy (non-hydrogen) atoms. The zero-order valence-electron chi connectivity index (χ0n) is 9.61. The summed E-state index contributed by atoms with van der Waals surface area (Å²) < 4.78 is 0.804. The van der Waals surface area contributed by atoms with E-state index in [9.17, 15) is 0 Å². The van der Waals surface area contributed by atoms with Crippen LogP contribution in [0.2, 0.25) is 0 Å². The Labute approximate surface area is 112 Å². The number of nitrogens with zero attached hydrogens (tertiary/aromatic N) is 3. The first-order chi connectivity index (χ1) is 8.78. The van der Waals surface area contributed by atoms with E-state index in [1.54, 1.807) is 19.4 Å². The van der Waals surface area contributed by atoms with E-state index in [1.807, 2.05) is 18.3 Å². The molecule has 0 radical (unpaired) electrons. The molecule has 2 N–H and O–H groups in total. The molecule has 0 aliphatic carbocycles. The third-order valence-electron chi connectivity index (χ3n) is 2.69. The minimum Gasteiger partial charge on any atom is -0.359 e. The third-order valence-corrected chi connectivity index (χ3v) is 3.12. The molecular formula is C12H10BrN5. The number of aromatic amines is 1. The first kappa shape index (κ1) is 11.2. The summed E-state index contributed by atoms with van der Waals surface area (Å²) in [6, 6.07) is 3.86. The molecule has 0 aliphatic rings. The predicted octanol–water partition coefficient (Wildman–Crippen LogP) is 2.82. The Morgan fingerprint density at radius 3 is 3.06 bits per heavy atom. The number of hydrogen-bond donors (Lipinski definition) is 2. The molecule has 5 nitrogen and oxygen atoms in total. The van der Waals surface area contributed by atoms with Crippen LogP contribution in [0.3, 0.4) is 0 Å². The zero-order valence-corrected chi connectivity index (χ0v) is 11.2. The fourth-order valence-corrected chi connectivity index (χ4v) is 2.17. The molecule has 0 aromatic carbocycles. The quantitative estimate of drug-likeness (QED) is 0.714. The number of nitrogens with one attached hydrogen (secondary N) is 2. The molecule has 0 unspecified atom stereocenters. The van der Waals surface area contributed by atoms with Crippen molar-refractivity contribution in [3.8, 4) is 11.3 Å². The van der Waals surface area contributed by atoms with Gasteiger partial charge < -0.3 is 10.3 Å². The van der Waals surface area contributed by atoms with Gasteiger partial charge in [-0.15, -0.1) is 0 Å². The van der Waals surface area contributed by atoms with Gasteiger partial charge >= 0.3 is 0 Å². The van der Waals surface area contributed by atoms with Gasteiger partial charge in [-0.25, -0.2) is 15.0 Å². The van der Waals surface area contributed by atoms with Crippen molar-refractivity contribution in [2.75, 3.05) is 12.4 Å². The summed E-state index contributed by atoms with van der Waals surface area (Å²) in [5.41, 5.74) is 2.89. The predicted molar refractivity (Wildman–Crippen MR) is 74.4 cm³/mol. The molecule has 6 heteroatoms. The van der Waals surface area contributed by atoms with Crippen LogP contribution in [0.1, 0.15) is 0 Å². The molecule has 3 aromatic rings. The zero-order chi connectivity index (χ0) is 12.5. The molecule has 0 aliphatic heterocycles. The summed E-state index contributed by atoms with van der Waals surface area (Å²) in [5, 5.41) is 4.02. The molecule has 0 fully saturated rings. The highest BCUT2D eigenvalue weighted by Crippen LogP contribution is 2.28. The Kier molecular flexibility index (Phi) is 2.71. The van der Waals surface area contributed by atoms with Crippen LogP contribution < -0.4 is 5.32 Å². The van der Waals surface area contributed by atoms with Crippen LogP contribution in [0.25, 0.3) is 22.2 Å². The van der Waals surface area contributed by atoms with Gasteiger partial charge in [0.1, 0.15) is 4.60 Å². The largest absolute Gasteiger partial charge is 0.359 e. The maximum absolute atomic E-state index is 4.44. The van der Waals surface area contributed by atoms with Crippen LogP contribution in [0.15, 0.2) is 35.3 Å². The molecule has 3 aromatic heterocycles. The molecule has 90 valence electrons. The van der Waals surface area contributed by atoms with E-state index in [2.05, 4.69) is 41.2 Å². The fraction of sp³-hybridized carbons (Fsp3) is 0.0833. The number of halogens is 1. The first-order valence-corrected chi connectivity index (χ1v) is 6.21. The van der Waals surface area contributed by atoms with E-state index < -0.39 is 0 Å². The van der Waals surface area contributed by atoms with Gasteiger partial charge in [-0.3, -0.25) is 0 Å². The maximum Gasteiger partial charge on any atom is 0.222 e. The fourth-order valence-electron chi connectivity index (χ4n) is 1.84. The summed E-state index contributed by atoms with van der Waals surface area (Å²) in [6.07, 6.45) is 5.47. The lowest BCUT2D eigenvalue weighted by atomic mass is 10.1. The maximum atomic E-state index is 4.44. The van der Waals surface area contributed by atoms with Crippen molar-refractivity contribution in [2.45, 2.75) is 0 Å². The summed E-state index contributed by atoms with van der Waals surface area (Å²) >= 11 is 3.38. The molecule has 3 heterocycles. The number of H-pyrrole nitrogens is 1. The molecular weight excluding hydrogens is 294 g/mol. The number of fused-ring (bicyclic) bond motifs is 1. The number of pyridine rings is 1. The van der Waals surface area contributed by atoms with Crippen molar-refractivity contribution < 1.29 is 0 Å². The van der Waals surface area contributed by atoms with E-state index in [1.165, 1.54) is 0 Å². The summed E-state index contributed by atoms with van der Waals surface area (Å²) in [4.78, 5) is 15.9. The molecule has 0 saturated carbocycles. The number of anilines is 1. The third kappa shape index (κ3) is 1.84. The van der Waals surface area contributed by atoms with E-state index in [0.29, 0.717) is 5.95 Å². The minimum absolute atomic E-state index is 0.606. The molecule has 0 atom stereocenters. The molecule has 0 saturated heterocycles. The van der Waals surface area contributed by atoms with Gasteiger partial charge in [-0.1, -0.05) is 0 Å². The van der Waals surface area contributed by atoms with E-state index in [4.69, 9.17) is 0 Å². The number of rotatable bonds is 2. The lowest BCUT2D eigenvalue weighted by Gasteiger charge is -2.02. The van der Waals surface area contributed by atoms with Gasteiger partial charge in [0, 0.05) is 30.4 Å². The lowest BCUT2D eigenvalue weighted by molar-refractivity contribution is 1.16. The topological polar surface area (TPSA) is 66.5 Å². The number of hydrogen-bond acceptors (Lipinski definition) is 4. The van der Waals surface area contributed by atoms with Gasteiger partial charge in [0.2, 0.25) is 5.95 Å². The Hall–Kier alpha value is -1.95. The van der Waals surface area contributed by atoms with Crippen molar-refractivity contribution in [3.05, 3.63) is 35.3 Å². The van der Waals surface area contributed by atoms with Crippen molar-refractivity contribution >= 4 is 32.8 Å². The van der Waals surface area contributed by atoms with Gasteiger partial charge in [0.25, 0.3) is 0 Å². The van der Waals surface area contributed by atoms with Gasteiger partial charge in [-0.05, 0) is 28.1 Å². The highest BCUT2D eigenvalue weighted by molar-refractivity contribution is 9.10. The van der Waals surface area contributed by atoms with Gasteiger partial charge in [0.15, 0.2) is 0 Å². The molecule has 3 rings (SSSR count). The highest BCUT2D eigenvalue weighted by atomic mass is 79.9. The summed E-state index contributed by atoms with van der Waals surface area (Å²) in [6.45, 7) is 0. The van der Waals surface area contributed by atoms with Gasteiger partial charge in [0.05, 0.1) is 17.4 Å². The smallest absolute Gasteiger partial charge is 0.222 e. The van der Waals surface area contributed by atoms with Crippen LogP contribution in [0, 0.1) is 0 Å². The van der Waals surface area contributed by atoms with Gasteiger partial charge in [-0.2, -0.15) is 0 Å². The van der Waals surface area contributed by atoms with Crippen molar-refractivity contribution in [3.63, 3.8) is 0 Å². The second-order valence-electron chi connectivity index (χ2n) is 3.77. The van der Waals surface area contributed by atoms with Crippen LogP contribution in [-0.2, 0) is 0 Å². The Bertz CT molecular complexity index is 707. The van der Waals surface area contributed by atoms with E-state index in [0.717, 1.165) is 26.8 Å². The van der Waals surface area contributed by atoms with E-state index in [-0.39, 0.29) is 0 Å². The van der Waals surface area contributed by atoms with Crippen molar-refractivity contribution in [1.29, 1.82) is 0 Å². The average molecular weight is 304 g/mol.